The summed E-state index contributed by atoms with van der Waals surface area (Å²) in [5.41, 5.74) is -0.221. The highest BCUT2D eigenvalue weighted by atomic mass is 35.5. The molecule has 0 aliphatic rings. The van der Waals surface area contributed by atoms with Crippen LogP contribution in [0.3, 0.4) is 0 Å². The van der Waals surface area contributed by atoms with Crippen LogP contribution in [-0.2, 0) is 9.53 Å². The molecule has 2 atom stereocenters. The smallest absolute Gasteiger partial charge is 0.340 e. The number of hydrogen-bond donors (Lipinski definition) is 2. The Morgan fingerprint density at radius 3 is 2.63 bits per heavy atom. The lowest BCUT2D eigenvalue weighted by atomic mass is 9.99. The fourth-order valence-corrected chi connectivity index (χ4v) is 2.68. The van der Waals surface area contributed by atoms with Gasteiger partial charge in [-0.05, 0) is 18.1 Å². The van der Waals surface area contributed by atoms with E-state index in [1.807, 2.05) is 6.92 Å². The number of hydrogen-bond acceptors (Lipinski definition) is 6. The topological polar surface area (TPSA) is 111 Å². The van der Waals surface area contributed by atoms with Gasteiger partial charge in [0.25, 0.3) is 5.56 Å². The molecule has 8 nitrogen and oxygen atoms in total. The fraction of sp³-hybridized carbons (Fsp3) is 0.333. The third-order valence-electron chi connectivity index (χ3n) is 4.25. The van der Waals surface area contributed by atoms with Crippen LogP contribution in [0.25, 0.3) is 5.69 Å². The van der Waals surface area contributed by atoms with Gasteiger partial charge >= 0.3 is 11.9 Å². The van der Waals surface area contributed by atoms with Crippen LogP contribution >= 0.6 is 11.6 Å². The van der Waals surface area contributed by atoms with Crippen LogP contribution in [0.2, 0.25) is 5.02 Å². The summed E-state index contributed by atoms with van der Waals surface area (Å²) >= 11 is 6.17. The summed E-state index contributed by atoms with van der Waals surface area (Å²) in [6, 6.07) is 5.37. The molecule has 0 aliphatic heterocycles. The van der Waals surface area contributed by atoms with Crippen molar-refractivity contribution in [3.63, 3.8) is 0 Å². The average Bonchev–Trinajstić information content (AvgIpc) is 2.67. The van der Waals surface area contributed by atoms with Crippen molar-refractivity contribution in [2.24, 2.45) is 5.92 Å². The van der Waals surface area contributed by atoms with Crippen molar-refractivity contribution in [2.45, 2.75) is 26.3 Å². The molecule has 0 amide bonds. The lowest BCUT2D eigenvalue weighted by Crippen LogP contribution is -2.36. The molecule has 0 unspecified atom stereocenters. The van der Waals surface area contributed by atoms with E-state index in [0.717, 1.165) is 4.68 Å². The number of rotatable bonds is 7. The monoisotopic (exact) mass is 393 g/mol. The number of nitrogens with zero attached hydrogens (tertiary/aromatic N) is 2. The first kappa shape index (κ1) is 20.4. The first-order valence-electron chi connectivity index (χ1n) is 8.26. The Kier molecular flexibility index (Phi) is 6.57. The SMILES string of the molecule is CC[C@H](C)[C@H](Nc1cnn(-c2ccccc2C(=O)OC)c(=O)c1Cl)C(=O)O. The van der Waals surface area contributed by atoms with Crippen molar-refractivity contribution < 1.29 is 19.4 Å². The third-order valence-corrected chi connectivity index (χ3v) is 4.61. The van der Waals surface area contributed by atoms with Crippen LogP contribution < -0.4 is 10.9 Å². The van der Waals surface area contributed by atoms with Gasteiger partial charge in [0.15, 0.2) is 0 Å². The molecule has 2 rings (SSSR count). The molecular weight excluding hydrogens is 374 g/mol. The van der Waals surface area contributed by atoms with Crippen LogP contribution in [0.15, 0.2) is 35.3 Å². The Morgan fingerprint density at radius 1 is 1.37 bits per heavy atom. The number of carbonyl (C=O) groups is 2. The van der Waals surface area contributed by atoms with Gasteiger partial charge in [0.05, 0.1) is 30.2 Å². The summed E-state index contributed by atoms with van der Waals surface area (Å²) in [5, 5.41) is 16.0. The first-order valence-corrected chi connectivity index (χ1v) is 8.64. The number of carboxylic acids is 1. The summed E-state index contributed by atoms with van der Waals surface area (Å²) in [5.74, 6) is -1.87. The van der Waals surface area contributed by atoms with Crippen molar-refractivity contribution in [1.29, 1.82) is 0 Å². The van der Waals surface area contributed by atoms with Gasteiger partial charge in [0.2, 0.25) is 0 Å². The molecule has 9 heteroatoms. The molecule has 2 N–H and O–H groups in total. The second-order valence-corrected chi connectivity index (χ2v) is 6.32. The summed E-state index contributed by atoms with van der Waals surface area (Å²) in [7, 11) is 1.23. The zero-order valence-electron chi connectivity index (χ0n) is 15.1. The highest BCUT2D eigenvalue weighted by molar-refractivity contribution is 6.33. The van der Waals surface area contributed by atoms with Gasteiger partial charge in [-0.1, -0.05) is 44.0 Å². The number of para-hydroxylation sites is 1. The summed E-state index contributed by atoms with van der Waals surface area (Å²) in [6.07, 6.45) is 1.88. The maximum Gasteiger partial charge on any atom is 0.340 e. The molecule has 1 aromatic heterocycles. The zero-order chi connectivity index (χ0) is 20.1. The van der Waals surface area contributed by atoms with Crippen LogP contribution in [0.4, 0.5) is 5.69 Å². The van der Waals surface area contributed by atoms with Gasteiger partial charge < -0.3 is 15.2 Å². The van der Waals surface area contributed by atoms with E-state index in [1.165, 1.54) is 25.4 Å². The quantitative estimate of drug-likeness (QED) is 0.695. The number of carbonyl (C=O) groups excluding carboxylic acids is 1. The maximum absolute atomic E-state index is 12.7. The number of benzene rings is 1. The Bertz CT molecular complexity index is 912. The van der Waals surface area contributed by atoms with Crippen LogP contribution in [0.1, 0.15) is 30.6 Å². The van der Waals surface area contributed by atoms with Gasteiger partial charge in [0.1, 0.15) is 11.1 Å². The molecule has 2 aromatic rings. The highest BCUT2D eigenvalue weighted by Crippen LogP contribution is 2.22. The van der Waals surface area contributed by atoms with E-state index in [4.69, 9.17) is 16.3 Å². The predicted octanol–water partition coefficient (Wildman–Crippen LogP) is 2.58. The van der Waals surface area contributed by atoms with E-state index in [1.54, 1.807) is 19.1 Å². The van der Waals surface area contributed by atoms with Crippen molar-refractivity contribution in [3.8, 4) is 5.69 Å². The molecule has 0 fully saturated rings. The van der Waals surface area contributed by atoms with Crippen molar-refractivity contribution in [2.75, 3.05) is 12.4 Å². The lowest BCUT2D eigenvalue weighted by Gasteiger charge is -2.21. The molecule has 0 bridgehead atoms. The van der Waals surface area contributed by atoms with E-state index >= 15 is 0 Å². The van der Waals surface area contributed by atoms with Gasteiger partial charge in [-0.15, -0.1) is 0 Å². The molecule has 1 heterocycles. The van der Waals surface area contributed by atoms with Gasteiger partial charge in [-0.3, -0.25) is 4.79 Å². The standard InChI is InChI=1S/C18H20ClN3O5/c1-4-10(2)15(17(24)25)21-12-9-20-22(16(23)14(12)19)13-8-6-5-7-11(13)18(26)27-3/h5-10,15,21H,4H2,1-3H3,(H,24,25)/t10-,15-/m0/s1. The molecule has 0 saturated carbocycles. The van der Waals surface area contributed by atoms with Crippen LogP contribution in [0.5, 0.6) is 0 Å². The van der Waals surface area contributed by atoms with Crippen LogP contribution in [0, 0.1) is 5.92 Å². The minimum Gasteiger partial charge on any atom is -0.480 e. The number of ether oxygens (including phenoxy) is 1. The molecule has 1 aromatic carbocycles. The second kappa shape index (κ2) is 8.68. The molecule has 0 aliphatic carbocycles. The largest absolute Gasteiger partial charge is 0.480 e. The number of halogens is 1. The van der Waals surface area contributed by atoms with Crippen molar-refractivity contribution in [1.82, 2.24) is 9.78 Å². The van der Waals surface area contributed by atoms with Gasteiger partial charge in [-0.25, -0.2) is 9.59 Å². The predicted molar refractivity (Wildman–Crippen MR) is 101 cm³/mol. The normalized spacial score (nSPS) is 12.9. The number of nitrogens with one attached hydrogen (secondary N) is 1. The van der Waals surface area contributed by atoms with Crippen LogP contribution in [-0.4, -0.2) is 40.0 Å². The molecule has 144 valence electrons. The van der Waals surface area contributed by atoms with Crippen molar-refractivity contribution in [3.05, 3.63) is 51.4 Å². The third kappa shape index (κ3) is 4.28. The number of aliphatic carboxylic acids is 1. The molecule has 27 heavy (non-hydrogen) atoms. The number of aromatic nitrogens is 2. The molecule has 0 spiro atoms. The van der Waals surface area contributed by atoms with E-state index in [0.29, 0.717) is 6.42 Å². The lowest BCUT2D eigenvalue weighted by molar-refractivity contribution is -0.139. The van der Waals surface area contributed by atoms with E-state index in [9.17, 15) is 19.5 Å². The summed E-state index contributed by atoms with van der Waals surface area (Å²) in [6.45, 7) is 3.64. The Hall–Kier alpha value is -2.87. The maximum atomic E-state index is 12.7. The van der Waals surface area contributed by atoms with E-state index in [-0.39, 0.29) is 27.9 Å². The Labute approximate surface area is 160 Å². The second-order valence-electron chi connectivity index (χ2n) is 5.94. The number of anilines is 1. The minimum atomic E-state index is -1.05. The van der Waals surface area contributed by atoms with Gasteiger partial charge in [0, 0.05) is 0 Å². The number of esters is 1. The first-order chi connectivity index (χ1) is 12.8. The summed E-state index contributed by atoms with van der Waals surface area (Å²) < 4.78 is 5.69. The fourth-order valence-electron chi connectivity index (χ4n) is 2.50. The minimum absolute atomic E-state index is 0.112. The molecular formula is C18H20ClN3O5. The van der Waals surface area contributed by atoms with E-state index in [2.05, 4.69) is 10.4 Å². The molecule has 0 radical (unpaired) electrons. The zero-order valence-corrected chi connectivity index (χ0v) is 15.9. The van der Waals surface area contributed by atoms with Gasteiger partial charge in [-0.2, -0.15) is 9.78 Å². The molecule has 0 saturated heterocycles. The van der Waals surface area contributed by atoms with E-state index < -0.39 is 23.5 Å². The number of methoxy groups -OCH3 is 1. The van der Waals surface area contributed by atoms with Crippen molar-refractivity contribution >= 4 is 29.2 Å². The number of carboxylic acid groups (broad SMARTS) is 1. The average molecular weight is 394 g/mol. The Morgan fingerprint density at radius 2 is 2.04 bits per heavy atom. The highest BCUT2D eigenvalue weighted by Gasteiger charge is 2.25. The Balaban J connectivity index is 2.49. The summed E-state index contributed by atoms with van der Waals surface area (Å²) in [4.78, 5) is 36.1.